The van der Waals surface area contributed by atoms with Gasteiger partial charge in [0.25, 0.3) is 0 Å². The van der Waals surface area contributed by atoms with Crippen LogP contribution in [-0.4, -0.2) is 67.7 Å². The molecule has 2 N–H and O–H groups in total. The summed E-state index contributed by atoms with van der Waals surface area (Å²) in [5.41, 5.74) is 3.46. The second kappa shape index (κ2) is 7.14. The summed E-state index contributed by atoms with van der Waals surface area (Å²) in [6.07, 6.45) is 0.244. The Morgan fingerprint density at radius 3 is 2.50 bits per heavy atom. The Morgan fingerprint density at radius 2 is 1.83 bits per heavy atom. The van der Waals surface area contributed by atoms with Gasteiger partial charge in [0, 0.05) is 44.8 Å². The standard InChI is InChI=1S/C16H22FN5O2/c1-20-6-8-21(9-7-20)19-16(24)18-13-10-15(23)22(11-13)14-4-2-12(17)3-5-14/h2-5,13H,6-11H2,1H3,(H2,18,19,24)/t13-/m0/s1. The van der Waals surface area contributed by atoms with E-state index in [9.17, 15) is 14.0 Å². The van der Waals surface area contributed by atoms with Crippen LogP contribution in [0.1, 0.15) is 6.42 Å². The molecule has 0 aliphatic carbocycles. The molecule has 0 spiro atoms. The second-order valence-corrected chi connectivity index (χ2v) is 6.26. The number of halogens is 1. The van der Waals surface area contributed by atoms with Gasteiger partial charge in [-0.2, -0.15) is 0 Å². The normalized spacial score (nSPS) is 22.7. The van der Waals surface area contributed by atoms with Crippen molar-refractivity contribution in [2.45, 2.75) is 12.5 Å². The fraction of sp³-hybridized carbons (Fsp3) is 0.500. The lowest BCUT2D eigenvalue weighted by Crippen LogP contribution is -2.56. The Balaban J connectivity index is 1.50. The van der Waals surface area contributed by atoms with Gasteiger partial charge < -0.3 is 15.1 Å². The lowest BCUT2D eigenvalue weighted by atomic mass is 10.2. The molecule has 2 saturated heterocycles. The average Bonchev–Trinajstić information content (AvgIpc) is 2.90. The highest BCUT2D eigenvalue weighted by Gasteiger charge is 2.32. The van der Waals surface area contributed by atoms with Crippen molar-refractivity contribution in [2.75, 3.05) is 44.7 Å². The van der Waals surface area contributed by atoms with Gasteiger partial charge >= 0.3 is 6.03 Å². The van der Waals surface area contributed by atoms with Crippen LogP contribution in [0.2, 0.25) is 0 Å². The summed E-state index contributed by atoms with van der Waals surface area (Å²) in [7, 11) is 2.05. The van der Waals surface area contributed by atoms with Gasteiger partial charge in [0.1, 0.15) is 5.82 Å². The smallest absolute Gasteiger partial charge is 0.329 e. The van der Waals surface area contributed by atoms with Crippen LogP contribution in [0.3, 0.4) is 0 Å². The fourth-order valence-electron chi connectivity index (χ4n) is 2.95. The Morgan fingerprint density at radius 1 is 1.17 bits per heavy atom. The monoisotopic (exact) mass is 335 g/mol. The Hall–Kier alpha value is -2.19. The predicted molar refractivity (Wildman–Crippen MR) is 87.9 cm³/mol. The number of urea groups is 1. The molecule has 2 heterocycles. The molecule has 0 unspecified atom stereocenters. The first kappa shape index (κ1) is 16.7. The van der Waals surface area contributed by atoms with Gasteiger partial charge in [0.2, 0.25) is 5.91 Å². The molecular formula is C16H22FN5O2. The molecular weight excluding hydrogens is 313 g/mol. The van der Waals surface area contributed by atoms with E-state index in [0.29, 0.717) is 12.2 Å². The molecule has 8 heteroatoms. The Labute approximate surface area is 140 Å². The number of hydrazine groups is 1. The number of likely N-dealkylation sites (N-methyl/N-ethyl adjacent to an activating group) is 1. The number of hydrogen-bond acceptors (Lipinski definition) is 4. The van der Waals surface area contributed by atoms with E-state index in [0.717, 1.165) is 26.2 Å². The number of piperazine rings is 1. The van der Waals surface area contributed by atoms with Gasteiger partial charge in [-0.1, -0.05) is 0 Å². The number of nitrogens with one attached hydrogen (secondary N) is 2. The van der Waals surface area contributed by atoms with Crippen molar-refractivity contribution in [3.05, 3.63) is 30.1 Å². The summed E-state index contributed by atoms with van der Waals surface area (Å²) in [4.78, 5) is 28.0. The summed E-state index contributed by atoms with van der Waals surface area (Å²) in [5.74, 6) is -0.418. The van der Waals surface area contributed by atoms with Gasteiger partial charge in [-0.15, -0.1) is 0 Å². The van der Waals surface area contributed by atoms with Crippen molar-refractivity contribution in [3.63, 3.8) is 0 Å². The minimum Gasteiger partial charge on any atom is -0.332 e. The van der Waals surface area contributed by atoms with E-state index in [1.165, 1.54) is 12.1 Å². The van der Waals surface area contributed by atoms with Crippen LogP contribution < -0.4 is 15.6 Å². The third-order valence-corrected chi connectivity index (χ3v) is 4.36. The van der Waals surface area contributed by atoms with Crippen LogP contribution in [0.4, 0.5) is 14.9 Å². The third-order valence-electron chi connectivity index (χ3n) is 4.36. The molecule has 0 saturated carbocycles. The maximum atomic E-state index is 13.0. The van der Waals surface area contributed by atoms with Crippen LogP contribution in [0.15, 0.2) is 24.3 Å². The van der Waals surface area contributed by atoms with Crippen molar-refractivity contribution in [3.8, 4) is 0 Å². The summed E-state index contributed by atoms with van der Waals surface area (Å²) < 4.78 is 13.0. The molecule has 3 amide bonds. The molecule has 3 rings (SSSR count). The maximum absolute atomic E-state index is 13.0. The zero-order valence-electron chi connectivity index (χ0n) is 13.7. The van der Waals surface area contributed by atoms with E-state index in [4.69, 9.17) is 0 Å². The molecule has 2 aliphatic heterocycles. The summed E-state index contributed by atoms with van der Waals surface area (Å²) >= 11 is 0. The van der Waals surface area contributed by atoms with Crippen molar-refractivity contribution in [1.29, 1.82) is 0 Å². The van der Waals surface area contributed by atoms with Gasteiger partial charge in [-0.05, 0) is 31.3 Å². The average molecular weight is 335 g/mol. The van der Waals surface area contributed by atoms with Crippen molar-refractivity contribution in [1.82, 2.24) is 20.7 Å². The van der Waals surface area contributed by atoms with E-state index >= 15 is 0 Å². The molecule has 2 aliphatic rings. The fourth-order valence-corrected chi connectivity index (χ4v) is 2.95. The molecule has 24 heavy (non-hydrogen) atoms. The van der Waals surface area contributed by atoms with Gasteiger partial charge in [-0.25, -0.2) is 14.2 Å². The number of carbonyl (C=O) groups is 2. The van der Waals surface area contributed by atoms with Crippen LogP contribution in [-0.2, 0) is 4.79 Å². The summed E-state index contributed by atoms with van der Waals surface area (Å²) in [6, 6.07) is 5.24. The first-order chi connectivity index (χ1) is 11.5. The molecule has 1 aromatic carbocycles. The highest BCUT2D eigenvalue weighted by molar-refractivity contribution is 5.96. The first-order valence-corrected chi connectivity index (χ1v) is 8.08. The highest BCUT2D eigenvalue weighted by atomic mass is 19.1. The molecule has 0 radical (unpaired) electrons. The number of nitrogens with zero attached hydrogens (tertiary/aromatic N) is 3. The number of benzene rings is 1. The number of carbonyl (C=O) groups excluding carboxylic acids is 2. The highest BCUT2D eigenvalue weighted by Crippen LogP contribution is 2.21. The third kappa shape index (κ3) is 4.01. The first-order valence-electron chi connectivity index (χ1n) is 8.08. The summed E-state index contributed by atoms with van der Waals surface area (Å²) in [6.45, 7) is 3.74. The van der Waals surface area contributed by atoms with Gasteiger partial charge in [0.05, 0.1) is 6.04 Å². The molecule has 1 atom stereocenters. The molecule has 2 fully saturated rings. The largest absolute Gasteiger partial charge is 0.332 e. The minimum atomic E-state index is -0.341. The number of anilines is 1. The van der Waals surface area contributed by atoms with Crippen LogP contribution in [0.25, 0.3) is 0 Å². The van der Waals surface area contributed by atoms with Gasteiger partial charge in [0.15, 0.2) is 0 Å². The summed E-state index contributed by atoms with van der Waals surface area (Å²) in [5, 5.41) is 4.72. The van der Waals surface area contributed by atoms with E-state index in [1.54, 1.807) is 17.0 Å². The van der Waals surface area contributed by atoms with E-state index in [-0.39, 0.29) is 30.2 Å². The van der Waals surface area contributed by atoms with Gasteiger partial charge in [-0.3, -0.25) is 10.2 Å². The molecule has 7 nitrogen and oxygen atoms in total. The topological polar surface area (TPSA) is 67.9 Å². The minimum absolute atomic E-state index is 0.0773. The number of amides is 3. The van der Waals surface area contributed by atoms with Crippen LogP contribution in [0.5, 0.6) is 0 Å². The van der Waals surface area contributed by atoms with Crippen molar-refractivity contribution >= 4 is 17.6 Å². The molecule has 0 aromatic heterocycles. The zero-order chi connectivity index (χ0) is 17.1. The predicted octanol–water partition coefficient (Wildman–Crippen LogP) is 0.393. The zero-order valence-corrected chi connectivity index (χ0v) is 13.7. The molecule has 0 bridgehead atoms. The quantitative estimate of drug-likeness (QED) is 0.839. The SMILES string of the molecule is CN1CCN(NC(=O)N[C@H]2CC(=O)N(c3ccc(F)cc3)C2)CC1. The Bertz CT molecular complexity index is 601. The lowest BCUT2D eigenvalue weighted by Gasteiger charge is -2.32. The van der Waals surface area contributed by atoms with Crippen LogP contribution in [0, 0.1) is 5.82 Å². The molecule has 1 aromatic rings. The van der Waals surface area contributed by atoms with Crippen molar-refractivity contribution in [2.24, 2.45) is 0 Å². The van der Waals surface area contributed by atoms with Crippen LogP contribution >= 0.6 is 0 Å². The van der Waals surface area contributed by atoms with Crippen molar-refractivity contribution < 1.29 is 14.0 Å². The maximum Gasteiger partial charge on any atom is 0.329 e. The van der Waals surface area contributed by atoms with E-state index in [1.807, 2.05) is 12.1 Å². The van der Waals surface area contributed by atoms with E-state index < -0.39 is 0 Å². The Kier molecular flexibility index (Phi) is 4.96. The number of rotatable bonds is 3. The number of hydrogen-bond donors (Lipinski definition) is 2. The molecule has 130 valence electrons. The second-order valence-electron chi connectivity index (χ2n) is 6.26. The van der Waals surface area contributed by atoms with E-state index in [2.05, 4.69) is 15.6 Å². The lowest BCUT2D eigenvalue weighted by molar-refractivity contribution is -0.117.